The molecule has 2 aliphatic heterocycles. The zero-order valence-electron chi connectivity index (χ0n) is 18.4. The molecule has 0 aromatic heterocycles. The number of nitrogens with zero attached hydrogens (tertiary/aromatic N) is 3. The third-order valence-corrected chi connectivity index (χ3v) is 7.07. The van der Waals surface area contributed by atoms with E-state index in [0.717, 1.165) is 18.1 Å². The molecular weight excluding hydrogens is 431 g/mol. The van der Waals surface area contributed by atoms with Crippen molar-refractivity contribution < 1.29 is 23.1 Å². The van der Waals surface area contributed by atoms with Crippen LogP contribution in [0.5, 0.6) is 0 Å². The lowest BCUT2D eigenvalue weighted by Crippen LogP contribution is -2.52. The molecule has 0 spiro atoms. The number of nitriles is 1. The molecule has 2 fully saturated rings. The van der Waals surface area contributed by atoms with Crippen molar-refractivity contribution in [3.05, 3.63) is 64.7 Å². The molecule has 2 heterocycles. The van der Waals surface area contributed by atoms with Crippen molar-refractivity contribution in [3.63, 3.8) is 0 Å². The van der Waals surface area contributed by atoms with Crippen molar-refractivity contribution in [1.29, 1.82) is 5.26 Å². The van der Waals surface area contributed by atoms with Gasteiger partial charge in [-0.1, -0.05) is 19.1 Å². The molecule has 4 rings (SSSR count). The smallest absolute Gasteiger partial charge is 0.396 e. The molecule has 0 saturated carbocycles. The molecule has 2 atom stereocenters. The number of hydrogen-bond acceptors (Lipinski definition) is 4. The number of piperidine rings is 1. The molecular formula is C25H26F3N3O2. The maximum absolute atomic E-state index is 13.4. The lowest BCUT2D eigenvalue weighted by molar-refractivity contribution is -0.137. The van der Waals surface area contributed by atoms with Crippen molar-refractivity contribution in [1.82, 2.24) is 4.90 Å². The average molecular weight is 457 g/mol. The van der Waals surface area contributed by atoms with Crippen molar-refractivity contribution >= 4 is 11.6 Å². The number of hydrogen-bond donors (Lipinski definition) is 1. The fraction of sp³-hybridized carbons (Fsp3) is 0.440. The van der Waals surface area contributed by atoms with Crippen LogP contribution in [0.15, 0.2) is 42.5 Å². The number of carbonyl (C=O) groups excluding carboxylic acids is 1. The molecule has 174 valence electrons. The van der Waals surface area contributed by atoms with E-state index in [2.05, 4.69) is 0 Å². The first-order valence-electron chi connectivity index (χ1n) is 11.1. The lowest BCUT2D eigenvalue weighted by Gasteiger charge is -2.43. The molecule has 0 radical (unpaired) electrons. The molecule has 2 aromatic carbocycles. The highest BCUT2D eigenvalue weighted by Crippen LogP contribution is 2.44. The van der Waals surface area contributed by atoms with Crippen molar-refractivity contribution in [3.8, 4) is 6.07 Å². The Hall–Kier alpha value is -3.05. The first kappa shape index (κ1) is 23.1. The van der Waals surface area contributed by atoms with Crippen LogP contribution in [-0.2, 0) is 12.6 Å². The fourth-order valence-electron chi connectivity index (χ4n) is 5.11. The van der Waals surface area contributed by atoms with E-state index < -0.39 is 22.7 Å². The van der Waals surface area contributed by atoms with E-state index in [4.69, 9.17) is 5.26 Å². The molecule has 0 aliphatic carbocycles. The van der Waals surface area contributed by atoms with Crippen molar-refractivity contribution in [2.75, 3.05) is 37.7 Å². The van der Waals surface area contributed by atoms with Gasteiger partial charge in [-0.25, -0.2) is 0 Å². The third-order valence-electron chi connectivity index (χ3n) is 7.07. The summed E-state index contributed by atoms with van der Waals surface area (Å²) in [5, 5.41) is 19.4. The Morgan fingerprint density at radius 2 is 1.94 bits per heavy atom. The molecule has 5 nitrogen and oxygen atoms in total. The number of amides is 1. The van der Waals surface area contributed by atoms with E-state index in [9.17, 15) is 23.1 Å². The number of aliphatic hydroxyl groups excluding tert-OH is 1. The maximum Gasteiger partial charge on any atom is 0.417 e. The van der Waals surface area contributed by atoms with E-state index in [1.807, 2.05) is 36.1 Å². The minimum Gasteiger partial charge on any atom is -0.396 e. The van der Waals surface area contributed by atoms with Crippen LogP contribution in [-0.4, -0.2) is 48.7 Å². The Labute approximate surface area is 191 Å². The van der Waals surface area contributed by atoms with E-state index in [0.29, 0.717) is 43.9 Å². The van der Waals surface area contributed by atoms with Gasteiger partial charge in [0.2, 0.25) is 0 Å². The van der Waals surface area contributed by atoms with Crippen molar-refractivity contribution in [2.24, 2.45) is 11.3 Å². The van der Waals surface area contributed by atoms with Gasteiger partial charge < -0.3 is 14.9 Å². The van der Waals surface area contributed by atoms with Gasteiger partial charge in [-0.3, -0.25) is 4.79 Å². The largest absolute Gasteiger partial charge is 0.417 e. The number of fused-ring (bicyclic) bond motifs is 1. The van der Waals surface area contributed by atoms with Crippen molar-refractivity contribution in [2.45, 2.75) is 25.9 Å². The number of rotatable bonds is 4. The molecule has 2 aliphatic rings. The molecule has 33 heavy (non-hydrogen) atoms. The van der Waals surface area contributed by atoms with Gasteiger partial charge in [0.05, 0.1) is 23.8 Å². The Morgan fingerprint density at radius 3 is 2.55 bits per heavy atom. The van der Waals surface area contributed by atoms with Gasteiger partial charge in [-0.15, -0.1) is 0 Å². The molecule has 2 saturated heterocycles. The highest BCUT2D eigenvalue weighted by Gasteiger charge is 2.50. The number of aryl methyl sites for hydroxylation is 1. The van der Waals surface area contributed by atoms with Gasteiger partial charge >= 0.3 is 6.18 Å². The molecule has 1 N–H and O–H groups in total. The van der Waals surface area contributed by atoms with Gasteiger partial charge in [0.15, 0.2) is 0 Å². The van der Waals surface area contributed by atoms with Crippen LogP contribution in [0.3, 0.4) is 0 Å². The second-order valence-corrected chi connectivity index (χ2v) is 9.00. The SMILES string of the molecule is CCc1ccc(C(=O)N2CC[C@H]3CN(c4ccc(C#N)c(C(F)(F)F)c4)C[C@@]3(CO)C2)cc1. The average Bonchev–Trinajstić information content (AvgIpc) is 3.22. The summed E-state index contributed by atoms with van der Waals surface area (Å²) in [6.45, 7) is 3.61. The van der Waals surface area contributed by atoms with Crippen LogP contribution >= 0.6 is 0 Å². The fourth-order valence-corrected chi connectivity index (χ4v) is 5.11. The number of carbonyl (C=O) groups is 1. The number of alkyl halides is 3. The minimum absolute atomic E-state index is 0.0546. The Bertz CT molecular complexity index is 1080. The molecule has 8 heteroatoms. The Kier molecular flexibility index (Phi) is 6.10. The van der Waals surface area contributed by atoms with E-state index >= 15 is 0 Å². The highest BCUT2D eigenvalue weighted by atomic mass is 19.4. The predicted molar refractivity (Wildman–Crippen MR) is 118 cm³/mol. The monoisotopic (exact) mass is 457 g/mol. The number of likely N-dealkylation sites (tertiary alicyclic amines) is 1. The number of aliphatic hydroxyl groups is 1. The number of benzene rings is 2. The normalized spacial score (nSPS) is 22.7. The van der Waals surface area contributed by atoms with Crippen LogP contribution in [0.2, 0.25) is 0 Å². The second-order valence-electron chi connectivity index (χ2n) is 9.00. The lowest BCUT2D eigenvalue weighted by atomic mass is 9.74. The van der Waals surface area contributed by atoms with Crippen LogP contribution < -0.4 is 4.90 Å². The minimum atomic E-state index is -4.63. The zero-order valence-corrected chi connectivity index (χ0v) is 18.4. The number of halogens is 3. The molecule has 0 unspecified atom stereocenters. The Balaban J connectivity index is 1.56. The topological polar surface area (TPSA) is 67.6 Å². The standard InChI is InChI=1S/C25H26F3N3O2/c1-2-17-3-5-18(6-4-17)23(33)30-10-9-20-13-31(15-24(20,14-30)16-32)21-8-7-19(12-29)22(11-21)25(26,27)28/h3-8,11,20,32H,2,9-10,13-16H2,1H3/t20-,24+/m0/s1. The first-order chi connectivity index (χ1) is 15.7. The summed E-state index contributed by atoms with van der Waals surface area (Å²) in [5.74, 6) is -0.0425. The summed E-state index contributed by atoms with van der Waals surface area (Å²) in [4.78, 5) is 16.7. The summed E-state index contributed by atoms with van der Waals surface area (Å²) in [6.07, 6.45) is -3.08. The van der Waals surface area contributed by atoms with Crippen LogP contribution in [0.25, 0.3) is 0 Å². The third kappa shape index (κ3) is 4.30. The van der Waals surface area contributed by atoms with Gasteiger partial charge in [-0.2, -0.15) is 18.4 Å². The molecule has 2 aromatic rings. The van der Waals surface area contributed by atoms with Crippen LogP contribution in [0.4, 0.5) is 18.9 Å². The predicted octanol–water partition coefficient (Wildman–Crippen LogP) is 4.10. The highest BCUT2D eigenvalue weighted by molar-refractivity contribution is 5.94. The summed E-state index contributed by atoms with van der Waals surface area (Å²) in [7, 11) is 0. The quantitative estimate of drug-likeness (QED) is 0.751. The summed E-state index contributed by atoms with van der Waals surface area (Å²) in [6, 6.07) is 12.8. The number of anilines is 1. The summed E-state index contributed by atoms with van der Waals surface area (Å²) < 4.78 is 40.3. The van der Waals surface area contributed by atoms with Crippen LogP contribution in [0, 0.1) is 22.7 Å². The van der Waals surface area contributed by atoms with E-state index in [1.165, 1.54) is 12.1 Å². The zero-order chi connectivity index (χ0) is 23.8. The van der Waals surface area contributed by atoms with Gasteiger partial charge in [0.25, 0.3) is 5.91 Å². The summed E-state index contributed by atoms with van der Waals surface area (Å²) >= 11 is 0. The molecule has 0 bridgehead atoms. The maximum atomic E-state index is 13.4. The van der Waals surface area contributed by atoms with Gasteiger partial charge in [-0.05, 0) is 54.7 Å². The van der Waals surface area contributed by atoms with E-state index in [-0.39, 0.29) is 18.4 Å². The van der Waals surface area contributed by atoms with Gasteiger partial charge in [0, 0.05) is 42.8 Å². The second kappa shape index (κ2) is 8.71. The molecule has 1 amide bonds. The first-order valence-corrected chi connectivity index (χ1v) is 11.1. The van der Waals surface area contributed by atoms with E-state index in [1.54, 1.807) is 11.0 Å². The van der Waals surface area contributed by atoms with Gasteiger partial charge in [0.1, 0.15) is 0 Å². The Morgan fingerprint density at radius 1 is 1.21 bits per heavy atom. The summed E-state index contributed by atoms with van der Waals surface area (Å²) in [5.41, 5.74) is 0.133. The van der Waals surface area contributed by atoms with Crippen LogP contribution in [0.1, 0.15) is 40.4 Å².